The fourth-order valence-electron chi connectivity index (χ4n) is 3.89. The second-order valence-electron chi connectivity index (χ2n) is 8.36. The van der Waals surface area contributed by atoms with Crippen LogP contribution in [0.1, 0.15) is 77.2 Å². The van der Waals surface area contributed by atoms with Gasteiger partial charge >= 0.3 is 10.1 Å². The molecular weight excluding hydrogens is 404 g/mol. The van der Waals surface area contributed by atoms with Crippen molar-refractivity contribution in [3.05, 3.63) is 29.8 Å². The summed E-state index contributed by atoms with van der Waals surface area (Å²) in [5.74, 6) is 1.98. The molecule has 2 rings (SSSR count). The van der Waals surface area contributed by atoms with Gasteiger partial charge in [-0.3, -0.25) is 4.79 Å². The molecule has 0 spiro atoms. The number of unbranched alkanes of at least 4 members (excludes halogenated alkanes) is 2. The SMILES string of the molecule is CCCCS(CCCC)(CC(=O)C1CCCCC1)OS(=O)(=O)c1ccc(C)cc1. The van der Waals surface area contributed by atoms with Crippen LogP contribution in [0.4, 0.5) is 0 Å². The molecule has 1 aliphatic carbocycles. The van der Waals surface area contributed by atoms with Crippen molar-refractivity contribution in [2.75, 3.05) is 17.3 Å². The Morgan fingerprint density at radius 2 is 1.52 bits per heavy atom. The standard InChI is InChI=1S/C23H38O4S2/c1-4-6-17-28(18-7-5-2,19-23(24)21-11-9-8-10-12-21)27-29(25,26)22-15-13-20(3)14-16-22/h13-16,21H,4-12,17-19H2,1-3H3. The summed E-state index contributed by atoms with van der Waals surface area (Å²) in [7, 11) is -5.91. The summed E-state index contributed by atoms with van der Waals surface area (Å²) in [6.07, 6.45) is 9.00. The van der Waals surface area contributed by atoms with Crippen LogP contribution in [0.15, 0.2) is 29.2 Å². The average molecular weight is 443 g/mol. The Kier molecular flexibility index (Phi) is 9.70. The molecule has 4 nitrogen and oxygen atoms in total. The van der Waals surface area contributed by atoms with Crippen molar-refractivity contribution < 1.29 is 16.8 Å². The van der Waals surface area contributed by atoms with E-state index in [1.54, 1.807) is 24.3 Å². The van der Waals surface area contributed by atoms with Crippen LogP contribution in [0.3, 0.4) is 0 Å². The molecule has 0 atom stereocenters. The van der Waals surface area contributed by atoms with Crippen LogP contribution < -0.4 is 0 Å². The highest BCUT2D eigenvalue weighted by atomic mass is 32.3. The highest BCUT2D eigenvalue weighted by Gasteiger charge is 2.36. The number of carbonyl (C=O) groups is 1. The molecule has 0 radical (unpaired) electrons. The lowest BCUT2D eigenvalue weighted by Crippen LogP contribution is -2.29. The van der Waals surface area contributed by atoms with Gasteiger partial charge in [0, 0.05) is 17.4 Å². The van der Waals surface area contributed by atoms with Gasteiger partial charge in [0.2, 0.25) is 0 Å². The molecule has 0 N–H and O–H groups in total. The van der Waals surface area contributed by atoms with Gasteiger partial charge in [-0.1, -0.05) is 63.6 Å². The predicted octanol–water partition coefficient (Wildman–Crippen LogP) is 6.17. The van der Waals surface area contributed by atoms with Crippen molar-refractivity contribution >= 4 is 26.2 Å². The lowest BCUT2D eigenvalue weighted by Gasteiger charge is -2.39. The normalized spacial score (nSPS) is 16.7. The molecule has 1 aromatic rings. The van der Waals surface area contributed by atoms with Gasteiger partial charge in [-0.05, 0) is 44.7 Å². The van der Waals surface area contributed by atoms with Gasteiger partial charge in [-0.25, -0.2) is 3.63 Å². The van der Waals surface area contributed by atoms with Crippen LogP contribution in [0, 0.1) is 12.8 Å². The maximum atomic E-state index is 13.2. The Bertz CT molecular complexity index is 727. The quantitative estimate of drug-likeness (QED) is 0.388. The molecule has 0 heterocycles. The summed E-state index contributed by atoms with van der Waals surface area (Å²) in [6.45, 7) is 6.13. The Hall–Kier alpha value is -0.850. The summed E-state index contributed by atoms with van der Waals surface area (Å²) in [6, 6.07) is 6.80. The fraction of sp³-hybridized carbons (Fsp3) is 0.696. The maximum Gasteiger partial charge on any atom is 0.306 e. The van der Waals surface area contributed by atoms with Crippen molar-refractivity contribution in [3.8, 4) is 0 Å². The van der Waals surface area contributed by atoms with Crippen LogP contribution in [0.25, 0.3) is 0 Å². The lowest BCUT2D eigenvalue weighted by molar-refractivity contribution is -0.121. The molecule has 1 fully saturated rings. The number of carbonyl (C=O) groups excluding carboxylic acids is 1. The molecule has 0 bridgehead atoms. The van der Waals surface area contributed by atoms with E-state index in [1.165, 1.54) is 6.42 Å². The third-order valence-electron chi connectivity index (χ3n) is 5.75. The second kappa shape index (κ2) is 11.5. The Labute approximate surface area is 179 Å². The van der Waals surface area contributed by atoms with Gasteiger partial charge in [-0.15, -0.1) is 10.3 Å². The Morgan fingerprint density at radius 3 is 2.03 bits per heavy atom. The van der Waals surface area contributed by atoms with Gasteiger partial charge in [0.1, 0.15) is 5.78 Å². The first-order chi connectivity index (χ1) is 13.8. The topological polar surface area (TPSA) is 60.4 Å². The van der Waals surface area contributed by atoms with E-state index in [9.17, 15) is 13.2 Å². The second-order valence-corrected chi connectivity index (χ2v) is 13.3. The van der Waals surface area contributed by atoms with Crippen molar-refractivity contribution in [3.63, 3.8) is 0 Å². The maximum absolute atomic E-state index is 13.2. The van der Waals surface area contributed by atoms with Crippen molar-refractivity contribution in [2.45, 2.75) is 83.5 Å². The Balaban J connectivity index is 2.29. The molecule has 1 aromatic carbocycles. The smallest absolute Gasteiger partial charge is 0.298 e. The zero-order valence-electron chi connectivity index (χ0n) is 18.3. The van der Waals surface area contributed by atoms with Gasteiger partial charge in [0.05, 0.1) is 10.6 Å². The number of hydrogen-bond acceptors (Lipinski definition) is 4. The summed E-state index contributed by atoms with van der Waals surface area (Å²) in [5, 5.41) is 0. The molecule has 0 amide bonds. The van der Waals surface area contributed by atoms with Crippen molar-refractivity contribution in [1.29, 1.82) is 0 Å². The van der Waals surface area contributed by atoms with Crippen LogP contribution in [-0.4, -0.2) is 31.5 Å². The first-order valence-electron chi connectivity index (χ1n) is 11.1. The summed E-state index contributed by atoms with van der Waals surface area (Å²) >= 11 is 0. The summed E-state index contributed by atoms with van der Waals surface area (Å²) < 4.78 is 32.3. The minimum atomic E-state index is -3.89. The monoisotopic (exact) mass is 442 g/mol. The van der Waals surface area contributed by atoms with E-state index in [-0.39, 0.29) is 16.6 Å². The summed E-state index contributed by atoms with van der Waals surface area (Å²) in [5.41, 5.74) is 1.01. The predicted molar refractivity (Wildman–Crippen MR) is 123 cm³/mol. The first kappa shape index (κ1) is 24.4. The molecule has 0 unspecified atom stereocenters. The molecule has 0 aliphatic heterocycles. The first-order valence-corrected chi connectivity index (χ1v) is 14.6. The molecule has 0 saturated heterocycles. The van der Waals surface area contributed by atoms with E-state index in [0.717, 1.165) is 56.9 Å². The number of rotatable bonds is 12. The molecule has 29 heavy (non-hydrogen) atoms. The van der Waals surface area contributed by atoms with Gasteiger partial charge in [0.15, 0.2) is 0 Å². The van der Waals surface area contributed by atoms with E-state index in [0.29, 0.717) is 17.3 Å². The highest BCUT2D eigenvalue weighted by molar-refractivity contribution is 8.33. The number of aryl methyl sites for hydroxylation is 1. The molecular formula is C23H38O4S2. The molecule has 166 valence electrons. The Morgan fingerprint density at radius 1 is 0.966 bits per heavy atom. The lowest BCUT2D eigenvalue weighted by atomic mass is 9.87. The minimum Gasteiger partial charge on any atom is -0.298 e. The minimum absolute atomic E-state index is 0.0876. The van der Waals surface area contributed by atoms with E-state index in [1.807, 2.05) is 6.92 Å². The van der Waals surface area contributed by atoms with Crippen molar-refractivity contribution in [1.82, 2.24) is 0 Å². The number of ketones is 1. The highest BCUT2D eigenvalue weighted by Crippen LogP contribution is 2.54. The molecule has 1 aliphatic rings. The molecule has 6 heteroatoms. The number of Topliss-reactive ketones (excluding diaryl/α,β-unsaturated/α-hetero) is 1. The van der Waals surface area contributed by atoms with Gasteiger partial charge in [0.25, 0.3) is 0 Å². The molecule has 1 saturated carbocycles. The third kappa shape index (κ3) is 7.41. The average Bonchev–Trinajstić information content (AvgIpc) is 2.71. The van der Waals surface area contributed by atoms with Crippen LogP contribution in [0.5, 0.6) is 0 Å². The van der Waals surface area contributed by atoms with Crippen LogP contribution in [0.2, 0.25) is 0 Å². The van der Waals surface area contributed by atoms with E-state index >= 15 is 0 Å². The fourth-order valence-corrected chi connectivity index (χ4v) is 9.81. The van der Waals surface area contributed by atoms with E-state index in [4.69, 9.17) is 3.63 Å². The van der Waals surface area contributed by atoms with Gasteiger partial charge < -0.3 is 0 Å². The number of hydrogen-bond donors (Lipinski definition) is 0. The van der Waals surface area contributed by atoms with E-state index < -0.39 is 20.4 Å². The number of benzene rings is 1. The van der Waals surface area contributed by atoms with Gasteiger partial charge in [-0.2, -0.15) is 8.42 Å². The van der Waals surface area contributed by atoms with E-state index in [2.05, 4.69) is 13.8 Å². The molecule has 0 aromatic heterocycles. The zero-order valence-corrected chi connectivity index (χ0v) is 20.0. The summed E-state index contributed by atoms with van der Waals surface area (Å²) in [4.78, 5) is 13.3. The largest absolute Gasteiger partial charge is 0.306 e. The zero-order chi connectivity index (χ0) is 21.3. The van der Waals surface area contributed by atoms with Crippen molar-refractivity contribution in [2.24, 2.45) is 5.92 Å². The van der Waals surface area contributed by atoms with Crippen LogP contribution >= 0.6 is 10.3 Å². The van der Waals surface area contributed by atoms with Crippen LogP contribution in [-0.2, 0) is 18.5 Å². The third-order valence-corrected chi connectivity index (χ3v) is 11.3.